The first-order chi connectivity index (χ1) is 19.3. The molecule has 3 N–H and O–H groups in total. The van der Waals surface area contributed by atoms with Crippen LogP contribution in [0.25, 0.3) is 21.1 Å². The van der Waals surface area contributed by atoms with E-state index >= 15 is 0 Å². The Bertz CT molecular complexity index is 1720. The van der Waals surface area contributed by atoms with Crippen molar-refractivity contribution in [3.05, 3.63) is 81.4 Å². The molecule has 40 heavy (non-hydrogen) atoms. The average molecular weight is 555 g/mol. The quantitative estimate of drug-likeness (QED) is 0.267. The Morgan fingerprint density at radius 1 is 1.23 bits per heavy atom. The Morgan fingerprint density at radius 2 is 2.08 bits per heavy atom. The fourth-order valence-electron chi connectivity index (χ4n) is 6.23. The van der Waals surface area contributed by atoms with Gasteiger partial charge in [0.15, 0.2) is 0 Å². The second-order valence-electron chi connectivity index (χ2n) is 11.0. The van der Waals surface area contributed by atoms with Gasteiger partial charge in [0.25, 0.3) is 0 Å². The smallest absolute Gasteiger partial charge is 0.304 e. The number of pyridine rings is 1. The number of anilines is 1. The van der Waals surface area contributed by atoms with Crippen molar-refractivity contribution in [3.8, 4) is 0 Å². The first-order valence-corrected chi connectivity index (χ1v) is 14.7. The summed E-state index contributed by atoms with van der Waals surface area (Å²) in [5.41, 5.74) is 14.4. The van der Waals surface area contributed by atoms with E-state index in [1.54, 1.807) is 16.0 Å². The zero-order valence-corrected chi connectivity index (χ0v) is 23.9. The number of carboxylic acid groups (broad SMARTS) is 1. The molecule has 206 valence electrons. The van der Waals surface area contributed by atoms with E-state index in [1.165, 1.54) is 15.8 Å². The van der Waals surface area contributed by atoms with Crippen molar-refractivity contribution in [3.63, 3.8) is 0 Å². The number of carboxylic acids is 1. The van der Waals surface area contributed by atoms with Gasteiger partial charge in [-0.2, -0.15) is 0 Å². The number of aliphatic carboxylic acids is 1. The predicted octanol–water partition coefficient (Wildman–Crippen LogP) is 5.66. The number of nitrogens with two attached hydrogens (primary N) is 1. The maximum atomic E-state index is 12.1. The molecule has 9 heteroatoms. The third-order valence-electron chi connectivity index (χ3n) is 8.35. The molecule has 0 saturated carbocycles. The third-order valence-corrected chi connectivity index (χ3v) is 9.35. The minimum Gasteiger partial charge on any atom is -0.481 e. The molecule has 1 unspecified atom stereocenters. The van der Waals surface area contributed by atoms with E-state index in [9.17, 15) is 9.90 Å². The molecule has 2 atom stereocenters. The van der Waals surface area contributed by atoms with Crippen LogP contribution in [0.1, 0.15) is 59.2 Å². The zero-order valence-electron chi connectivity index (χ0n) is 23.1. The number of aromatic nitrogens is 4. The van der Waals surface area contributed by atoms with Crippen LogP contribution in [0.3, 0.4) is 0 Å². The van der Waals surface area contributed by atoms with Crippen molar-refractivity contribution in [2.75, 3.05) is 12.3 Å². The average Bonchev–Trinajstić information content (AvgIpc) is 3.51. The van der Waals surface area contributed by atoms with Gasteiger partial charge in [0, 0.05) is 37.3 Å². The standard InChI is InChI=1S/C31H34N6O2S/c1-4-19-11-20-5-8-28(32)33-26(20)17-37(15-19)16-23-13-22(12-21-9-10-40-31(21)23)25(14-29(38)39)24-6-7-27-30(18(24)2)34-35-36(27)3/h5-10,12-13,19,25H,4,11,14-17H2,1-3H3,(H2,32,33)(H,38,39)/t19-,25?/m0/s1. The number of rotatable bonds is 7. The molecule has 6 rings (SSSR count). The summed E-state index contributed by atoms with van der Waals surface area (Å²) in [5, 5.41) is 21.8. The summed E-state index contributed by atoms with van der Waals surface area (Å²) in [6.07, 6.45) is 2.11. The van der Waals surface area contributed by atoms with E-state index in [0.29, 0.717) is 11.7 Å². The topological polar surface area (TPSA) is 110 Å². The van der Waals surface area contributed by atoms with E-state index < -0.39 is 5.97 Å². The second kappa shape index (κ2) is 10.6. The molecular weight excluding hydrogens is 520 g/mol. The summed E-state index contributed by atoms with van der Waals surface area (Å²) in [7, 11) is 1.87. The highest BCUT2D eigenvalue weighted by Gasteiger charge is 2.26. The van der Waals surface area contributed by atoms with E-state index in [-0.39, 0.29) is 12.3 Å². The summed E-state index contributed by atoms with van der Waals surface area (Å²) in [6.45, 7) is 6.76. The SMILES string of the molecule is CC[C@H]1Cc2ccc(N)nc2CN(Cc2cc(C(CC(=O)O)c3ccc4c(nnn4C)c3C)cc3ccsc23)C1. The highest BCUT2D eigenvalue weighted by molar-refractivity contribution is 7.17. The highest BCUT2D eigenvalue weighted by atomic mass is 32.1. The number of hydrogen-bond donors (Lipinski definition) is 2. The van der Waals surface area contributed by atoms with Gasteiger partial charge < -0.3 is 10.8 Å². The molecule has 3 aromatic heterocycles. The van der Waals surface area contributed by atoms with Crippen LogP contribution >= 0.6 is 11.3 Å². The lowest BCUT2D eigenvalue weighted by Gasteiger charge is -2.25. The van der Waals surface area contributed by atoms with Crippen molar-refractivity contribution in [1.82, 2.24) is 24.9 Å². The molecule has 0 spiro atoms. The summed E-state index contributed by atoms with van der Waals surface area (Å²) >= 11 is 1.74. The van der Waals surface area contributed by atoms with Crippen LogP contribution in [-0.2, 0) is 31.4 Å². The van der Waals surface area contributed by atoms with E-state index in [1.807, 2.05) is 32.2 Å². The lowest BCUT2D eigenvalue weighted by Crippen LogP contribution is -2.27. The van der Waals surface area contributed by atoms with Gasteiger partial charge >= 0.3 is 5.97 Å². The van der Waals surface area contributed by atoms with Gasteiger partial charge in [-0.05, 0) is 82.1 Å². The Hall–Kier alpha value is -3.82. The molecule has 0 bridgehead atoms. The number of thiophene rings is 1. The van der Waals surface area contributed by atoms with Gasteiger partial charge in [0.05, 0.1) is 17.6 Å². The van der Waals surface area contributed by atoms with Crippen molar-refractivity contribution in [2.24, 2.45) is 13.0 Å². The maximum Gasteiger partial charge on any atom is 0.304 e. The molecule has 1 aliphatic rings. The van der Waals surface area contributed by atoms with Crippen LogP contribution in [0, 0.1) is 12.8 Å². The first-order valence-electron chi connectivity index (χ1n) is 13.8. The van der Waals surface area contributed by atoms with Crippen LogP contribution in [0.5, 0.6) is 0 Å². The molecule has 5 aromatic rings. The molecule has 0 saturated heterocycles. The fourth-order valence-corrected chi connectivity index (χ4v) is 7.12. The Labute approximate surface area is 237 Å². The Balaban J connectivity index is 1.42. The van der Waals surface area contributed by atoms with Crippen molar-refractivity contribution < 1.29 is 9.90 Å². The molecule has 2 aromatic carbocycles. The molecule has 1 aliphatic heterocycles. The highest BCUT2D eigenvalue weighted by Crippen LogP contribution is 2.38. The normalized spacial score (nSPS) is 16.7. The molecule has 0 radical (unpaired) electrons. The van der Waals surface area contributed by atoms with Crippen LogP contribution in [0.4, 0.5) is 5.82 Å². The third kappa shape index (κ3) is 4.95. The van der Waals surface area contributed by atoms with Crippen LogP contribution in [0.15, 0.2) is 47.8 Å². The van der Waals surface area contributed by atoms with Crippen LogP contribution in [0.2, 0.25) is 0 Å². The molecule has 4 heterocycles. The monoisotopic (exact) mass is 554 g/mol. The van der Waals surface area contributed by atoms with Crippen LogP contribution < -0.4 is 5.73 Å². The van der Waals surface area contributed by atoms with Gasteiger partial charge in [0.1, 0.15) is 11.3 Å². The minimum absolute atomic E-state index is 0.000111. The van der Waals surface area contributed by atoms with E-state index in [0.717, 1.165) is 71.3 Å². The van der Waals surface area contributed by atoms with Gasteiger partial charge in [-0.15, -0.1) is 16.4 Å². The summed E-state index contributed by atoms with van der Waals surface area (Å²) < 4.78 is 3.00. The summed E-state index contributed by atoms with van der Waals surface area (Å²) in [6, 6.07) is 14.6. The number of aryl methyl sites for hydroxylation is 2. The second-order valence-corrected chi connectivity index (χ2v) is 11.9. The maximum absolute atomic E-state index is 12.1. The molecule has 8 nitrogen and oxygen atoms in total. The van der Waals surface area contributed by atoms with Gasteiger partial charge in [-0.1, -0.05) is 36.8 Å². The molecule has 0 fully saturated rings. The number of benzene rings is 2. The number of fused-ring (bicyclic) bond motifs is 3. The number of nitrogens with zero attached hydrogens (tertiary/aromatic N) is 5. The van der Waals surface area contributed by atoms with Gasteiger partial charge in [0.2, 0.25) is 0 Å². The zero-order chi connectivity index (χ0) is 28.0. The van der Waals surface area contributed by atoms with Gasteiger partial charge in [-0.3, -0.25) is 9.69 Å². The Morgan fingerprint density at radius 3 is 2.88 bits per heavy atom. The first kappa shape index (κ1) is 26.4. The van der Waals surface area contributed by atoms with E-state index in [2.05, 4.69) is 51.8 Å². The lowest BCUT2D eigenvalue weighted by atomic mass is 9.84. The molecular formula is C31H34N6O2S. The fraction of sp³-hybridized carbons (Fsp3) is 0.355. The van der Waals surface area contributed by atoms with Crippen molar-refractivity contribution >= 4 is 44.2 Å². The molecule has 0 amide bonds. The molecule has 0 aliphatic carbocycles. The van der Waals surface area contributed by atoms with Gasteiger partial charge in [-0.25, -0.2) is 9.67 Å². The van der Waals surface area contributed by atoms with Crippen molar-refractivity contribution in [2.45, 2.75) is 52.1 Å². The summed E-state index contributed by atoms with van der Waals surface area (Å²) in [5.74, 6) is -0.0334. The largest absolute Gasteiger partial charge is 0.481 e. The number of carbonyl (C=O) groups is 1. The summed E-state index contributed by atoms with van der Waals surface area (Å²) in [4.78, 5) is 19.3. The number of hydrogen-bond acceptors (Lipinski definition) is 7. The van der Waals surface area contributed by atoms with Crippen molar-refractivity contribution in [1.29, 1.82) is 0 Å². The van der Waals surface area contributed by atoms with Crippen LogP contribution in [-0.4, -0.2) is 42.5 Å². The predicted molar refractivity (Wildman–Crippen MR) is 159 cm³/mol. The number of nitrogen functional groups attached to an aromatic ring is 1. The van der Waals surface area contributed by atoms with E-state index in [4.69, 9.17) is 10.7 Å². The Kier molecular flexibility index (Phi) is 7.02. The lowest BCUT2D eigenvalue weighted by molar-refractivity contribution is -0.137. The minimum atomic E-state index is -0.825.